The molecule has 0 aliphatic heterocycles. The lowest BCUT2D eigenvalue weighted by Crippen LogP contribution is -2.54. The molecule has 0 fully saturated rings. The molecule has 0 aliphatic rings. The van der Waals surface area contributed by atoms with Crippen molar-refractivity contribution in [1.82, 2.24) is 4.90 Å². The predicted molar refractivity (Wildman–Crippen MR) is 70.5 cm³/mol. The molecule has 0 saturated heterocycles. The minimum Gasteiger partial charge on any atom is -0.390 e. The first-order chi connectivity index (χ1) is 7.35. The molecular weight excluding hydrogens is 200 g/mol. The average molecular weight is 230 g/mol. The van der Waals surface area contributed by atoms with E-state index in [0.29, 0.717) is 6.54 Å². The van der Waals surface area contributed by atoms with E-state index in [-0.39, 0.29) is 5.54 Å². The van der Waals surface area contributed by atoms with E-state index < -0.39 is 5.60 Å². The van der Waals surface area contributed by atoms with Crippen molar-refractivity contribution in [3.63, 3.8) is 0 Å². The number of likely N-dealkylation sites (N-methyl/N-ethyl adjacent to an activating group) is 1. The van der Waals surface area contributed by atoms with E-state index in [0.717, 1.165) is 32.4 Å². The Bertz CT molecular complexity index is 175. The van der Waals surface area contributed by atoms with Gasteiger partial charge in [-0.1, -0.05) is 20.8 Å². The van der Waals surface area contributed by atoms with Crippen molar-refractivity contribution >= 4 is 0 Å². The number of aliphatic hydroxyl groups is 1. The fraction of sp³-hybridized carbons (Fsp3) is 1.00. The molecule has 0 saturated carbocycles. The third-order valence-electron chi connectivity index (χ3n) is 3.74. The zero-order chi connectivity index (χ0) is 12.8. The SMILES string of the molecule is CCN(CCC(C)(C)O)C(CC)(CC)CN. The van der Waals surface area contributed by atoms with Gasteiger partial charge in [0, 0.05) is 18.6 Å². The molecule has 3 heteroatoms. The number of hydrogen-bond acceptors (Lipinski definition) is 3. The molecule has 0 aromatic heterocycles. The predicted octanol–water partition coefficient (Wildman–Crippen LogP) is 1.99. The van der Waals surface area contributed by atoms with Crippen LogP contribution >= 0.6 is 0 Å². The minimum absolute atomic E-state index is 0.111. The maximum Gasteiger partial charge on any atom is 0.0603 e. The molecule has 0 radical (unpaired) electrons. The Morgan fingerprint density at radius 3 is 1.88 bits per heavy atom. The van der Waals surface area contributed by atoms with Crippen LogP contribution in [0.2, 0.25) is 0 Å². The van der Waals surface area contributed by atoms with Gasteiger partial charge in [-0.3, -0.25) is 4.90 Å². The first-order valence-corrected chi connectivity index (χ1v) is 6.52. The van der Waals surface area contributed by atoms with E-state index in [1.54, 1.807) is 0 Å². The average Bonchev–Trinajstić information content (AvgIpc) is 2.23. The second-order valence-electron chi connectivity index (χ2n) is 5.28. The summed E-state index contributed by atoms with van der Waals surface area (Å²) in [5.41, 5.74) is 5.46. The first-order valence-electron chi connectivity index (χ1n) is 6.52. The normalized spacial score (nSPS) is 13.5. The molecule has 0 amide bonds. The van der Waals surface area contributed by atoms with Gasteiger partial charge in [-0.2, -0.15) is 0 Å². The number of nitrogens with zero attached hydrogens (tertiary/aromatic N) is 1. The van der Waals surface area contributed by atoms with Crippen LogP contribution in [0.4, 0.5) is 0 Å². The van der Waals surface area contributed by atoms with Crippen molar-refractivity contribution in [2.24, 2.45) is 5.73 Å². The summed E-state index contributed by atoms with van der Waals surface area (Å²) in [5.74, 6) is 0. The maximum absolute atomic E-state index is 9.79. The van der Waals surface area contributed by atoms with Gasteiger partial charge >= 0.3 is 0 Å². The van der Waals surface area contributed by atoms with E-state index in [1.807, 2.05) is 13.8 Å². The van der Waals surface area contributed by atoms with Gasteiger partial charge in [0.15, 0.2) is 0 Å². The summed E-state index contributed by atoms with van der Waals surface area (Å²) in [6, 6.07) is 0. The second kappa shape index (κ2) is 6.58. The Morgan fingerprint density at radius 2 is 1.62 bits per heavy atom. The van der Waals surface area contributed by atoms with Crippen LogP contribution in [0, 0.1) is 0 Å². The highest BCUT2D eigenvalue weighted by Gasteiger charge is 2.31. The molecule has 0 heterocycles. The zero-order valence-corrected chi connectivity index (χ0v) is 11.7. The highest BCUT2D eigenvalue weighted by Crippen LogP contribution is 2.24. The van der Waals surface area contributed by atoms with Crippen molar-refractivity contribution < 1.29 is 5.11 Å². The highest BCUT2D eigenvalue weighted by atomic mass is 16.3. The van der Waals surface area contributed by atoms with Gasteiger partial charge in [-0.15, -0.1) is 0 Å². The molecule has 0 aliphatic carbocycles. The highest BCUT2D eigenvalue weighted by molar-refractivity contribution is 4.89. The van der Waals surface area contributed by atoms with E-state index in [1.165, 1.54) is 0 Å². The van der Waals surface area contributed by atoms with Crippen LogP contribution in [0.3, 0.4) is 0 Å². The monoisotopic (exact) mass is 230 g/mol. The third-order valence-corrected chi connectivity index (χ3v) is 3.74. The molecule has 98 valence electrons. The Hall–Kier alpha value is -0.120. The molecule has 0 rings (SSSR count). The standard InChI is InChI=1S/C13H30N2O/c1-6-13(7-2,11-14)15(8-3)10-9-12(4,5)16/h16H,6-11,14H2,1-5H3. The van der Waals surface area contributed by atoms with E-state index in [4.69, 9.17) is 5.73 Å². The summed E-state index contributed by atoms with van der Waals surface area (Å²) < 4.78 is 0. The van der Waals surface area contributed by atoms with Gasteiger partial charge in [-0.25, -0.2) is 0 Å². The summed E-state index contributed by atoms with van der Waals surface area (Å²) in [5, 5.41) is 9.79. The molecule has 0 bridgehead atoms. The van der Waals surface area contributed by atoms with Crippen LogP contribution in [0.25, 0.3) is 0 Å². The largest absolute Gasteiger partial charge is 0.390 e. The summed E-state index contributed by atoms with van der Waals surface area (Å²) in [4.78, 5) is 2.42. The Kier molecular flexibility index (Phi) is 6.53. The van der Waals surface area contributed by atoms with Crippen molar-refractivity contribution in [2.45, 2.75) is 65.0 Å². The molecule has 3 nitrogen and oxygen atoms in total. The molecular formula is C13H30N2O. The van der Waals surface area contributed by atoms with E-state index >= 15 is 0 Å². The molecule has 0 aromatic rings. The van der Waals surface area contributed by atoms with Gasteiger partial charge in [-0.05, 0) is 39.7 Å². The summed E-state index contributed by atoms with van der Waals surface area (Å²) in [6.07, 6.45) is 2.93. The quantitative estimate of drug-likeness (QED) is 0.670. The molecule has 0 aromatic carbocycles. The summed E-state index contributed by atoms with van der Waals surface area (Å²) >= 11 is 0. The van der Waals surface area contributed by atoms with Gasteiger partial charge in [0.2, 0.25) is 0 Å². The molecule has 3 N–H and O–H groups in total. The van der Waals surface area contributed by atoms with E-state index in [2.05, 4.69) is 25.7 Å². The van der Waals surface area contributed by atoms with Crippen LogP contribution in [-0.2, 0) is 0 Å². The minimum atomic E-state index is -0.588. The summed E-state index contributed by atoms with van der Waals surface area (Å²) in [6.45, 7) is 12.9. The molecule has 0 unspecified atom stereocenters. The third kappa shape index (κ3) is 4.40. The van der Waals surface area contributed by atoms with Crippen molar-refractivity contribution in [2.75, 3.05) is 19.6 Å². The van der Waals surface area contributed by atoms with Gasteiger partial charge in [0.25, 0.3) is 0 Å². The van der Waals surface area contributed by atoms with Gasteiger partial charge in [0.1, 0.15) is 0 Å². The molecule has 0 atom stereocenters. The Balaban J connectivity index is 4.56. The topological polar surface area (TPSA) is 49.5 Å². The number of rotatable bonds is 8. The van der Waals surface area contributed by atoms with Crippen LogP contribution in [0.1, 0.15) is 53.9 Å². The van der Waals surface area contributed by atoms with Gasteiger partial charge < -0.3 is 10.8 Å². The fourth-order valence-electron chi connectivity index (χ4n) is 2.25. The second-order valence-corrected chi connectivity index (χ2v) is 5.28. The Labute approximate surface area is 101 Å². The maximum atomic E-state index is 9.79. The lowest BCUT2D eigenvalue weighted by atomic mass is 9.89. The van der Waals surface area contributed by atoms with Crippen molar-refractivity contribution in [3.8, 4) is 0 Å². The van der Waals surface area contributed by atoms with Crippen LogP contribution in [0.15, 0.2) is 0 Å². The number of nitrogens with two attached hydrogens (primary N) is 1. The molecule has 16 heavy (non-hydrogen) atoms. The Morgan fingerprint density at radius 1 is 1.12 bits per heavy atom. The molecule has 0 spiro atoms. The fourth-order valence-corrected chi connectivity index (χ4v) is 2.25. The summed E-state index contributed by atoms with van der Waals surface area (Å²) in [7, 11) is 0. The zero-order valence-electron chi connectivity index (χ0n) is 11.7. The van der Waals surface area contributed by atoms with Crippen molar-refractivity contribution in [1.29, 1.82) is 0 Å². The lowest BCUT2D eigenvalue weighted by molar-refractivity contribution is 0.0286. The van der Waals surface area contributed by atoms with Crippen LogP contribution in [-0.4, -0.2) is 40.8 Å². The smallest absolute Gasteiger partial charge is 0.0603 e. The lowest BCUT2D eigenvalue weighted by Gasteiger charge is -2.43. The number of hydrogen-bond donors (Lipinski definition) is 2. The van der Waals surface area contributed by atoms with Crippen molar-refractivity contribution in [3.05, 3.63) is 0 Å². The van der Waals surface area contributed by atoms with Gasteiger partial charge in [0.05, 0.1) is 5.60 Å². The van der Waals surface area contributed by atoms with Crippen LogP contribution < -0.4 is 5.73 Å². The van der Waals surface area contributed by atoms with Crippen LogP contribution in [0.5, 0.6) is 0 Å². The van der Waals surface area contributed by atoms with E-state index in [9.17, 15) is 5.11 Å². The first kappa shape index (κ1) is 15.9.